The largest absolute Gasteiger partial charge is 0.445 e. The van der Waals surface area contributed by atoms with Gasteiger partial charge in [-0.05, 0) is 24.8 Å². The fourth-order valence-electron chi connectivity index (χ4n) is 3.61. The Morgan fingerprint density at radius 2 is 1.87 bits per heavy atom. The molecule has 0 bridgehead atoms. The molecule has 2 fully saturated rings. The van der Waals surface area contributed by atoms with Crippen LogP contribution in [0.25, 0.3) is 0 Å². The summed E-state index contributed by atoms with van der Waals surface area (Å²) in [5.41, 5.74) is 7.11. The third kappa shape index (κ3) is 4.45. The van der Waals surface area contributed by atoms with Crippen molar-refractivity contribution >= 4 is 6.09 Å². The maximum atomic E-state index is 12.2. The van der Waals surface area contributed by atoms with E-state index >= 15 is 0 Å². The van der Waals surface area contributed by atoms with E-state index in [2.05, 4.69) is 4.90 Å². The van der Waals surface area contributed by atoms with Crippen LogP contribution in [0.2, 0.25) is 0 Å². The quantitative estimate of drug-likeness (QED) is 0.928. The lowest BCUT2D eigenvalue weighted by Crippen LogP contribution is -2.53. The topological polar surface area (TPSA) is 58.8 Å². The molecule has 2 unspecified atom stereocenters. The first-order valence-corrected chi connectivity index (χ1v) is 8.67. The SMILES string of the molecule is NC1CCCC(N2CCN(C(=O)OCc3ccccc3)CC2)C1. The average molecular weight is 317 g/mol. The van der Waals surface area contributed by atoms with Crippen molar-refractivity contribution in [2.24, 2.45) is 5.73 Å². The van der Waals surface area contributed by atoms with Crippen LogP contribution in [0, 0.1) is 0 Å². The molecule has 5 heteroatoms. The first-order chi connectivity index (χ1) is 11.2. The molecule has 1 aliphatic heterocycles. The molecule has 23 heavy (non-hydrogen) atoms. The van der Waals surface area contributed by atoms with Crippen LogP contribution in [0.5, 0.6) is 0 Å². The van der Waals surface area contributed by atoms with E-state index in [1.165, 1.54) is 12.8 Å². The number of carbonyl (C=O) groups excluding carboxylic acids is 1. The highest BCUT2D eigenvalue weighted by Gasteiger charge is 2.29. The highest BCUT2D eigenvalue weighted by atomic mass is 16.6. The molecule has 1 saturated carbocycles. The van der Waals surface area contributed by atoms with Gasteiger partial charge in [0.15, 0.2) is 0 Å². The van der Waals surface area contributed by atoms with Crippen LogP contribution < -0.4 is 5.73 Å². The highest BCUT2D eigenvalue weighted by molar-refractivity contribution is 5.67. The number of nitrogens with two attached hydrogens (primary N) is 1. The number of piperazine rings is 1. The minimum absolute atomic E-state index is 0.200. The van der Waals surface area contributed by atoms with Crippen molar-refractivity contribution in [3.05, 3.63) is 35.9 Å². The minimum Gasteiger partial charge on any atom is -0.445 e. The van der Waals surface area contributed by atoms with E-state index < -0.39 is 0 Å². The van der Waals surface area contributed by atoms with Crippen LogP contribution in [0.15, 0.2) is 30.3 Å². The number of ether oxygens (including phenoxy) is 1. The smallest absolute Gasteiger partial charge is 0.410 e. The second kappa shape index (κ2) is 7.79. The van der Waals surface area contributed by atoms with Crippen molar-refractivity contribution in [2.45, 2.75) is 44.4 Å². The van der Waals surface area contributed by atoms with E-state index in [1.54, 1.807) is 0 Å². The number of benzene rings is 1. The predicted octanol–water partition coefficient (Wildman–Crippen LogP) is 2.21. The molecule has 1 amide bonds. The predicted molar refractivity (Wildman–Crippen MR) is 90.0 cm³/mol. The van der Waals surface area contributed by atoms with Gasteiger partial charge in [0.2, 0.25) is 0 Å². The number of amides is 1. The number of hydrogen-bond acceptors (Lipinski definition) is 4. The fourth-order valence-corrected chi connectivity index (χ4v) is 3.61. The fraction of sp³-hybridized carbons (Fsp3) is 0.611. The summed E-state index contributed by atoms with van der Waals surface area (Å²) >= 11 is 0. The van der Waals surface area contributed by atoms with Crippen LogP contribution in [-0.2, 0) is 11.3 Å². The lowest BCUT2D eigenvalue weighted by atomic mass is 9.90. The maximum Gasteiger partial charge on any atom is 0.410 e. The monoisotopic (exact) mass is 317 g/mol. The summed E-state index contributed by atoms with van der Waals surface area (Å²) in [5.74, 6) is 0. The third-order valence-corrected chi connectivity index (χ3v) is 4.98. The van der Waals surface area contributed by atoms with E-state index in [0.717, 1.165) is 44.6 Å². The van der Waals surface area contributed by atoms with Crippen molar-refractivity contribution in [1.82, 2.24) is 9.80 Å². The van der Waals surface area contributed by atoms with E-state index in [0.29, 0.717) is 18.7 Å². The first-order valence-electron chi connectivity index (χ1n) is 8.67. The second-order valence-corrected chi connectivity index (χ2v) is 6.64. The zero-order valence-electron chi connectivity index (χ0n) is 13.7. The molecule has 1 aromatic rings. The van der Waals surface area contributed by atoms with E-state index in [-0.39, 0.29) is 6.09 Å². The van der Waals surface area contributed by atoms with Gasteiger partial charge in [-0.1, -0.05) is 36.8 Å². The molecule has 2 N–H and O–H groups in total. The molecule has 5 nitrogen and oxygen atoms in total. The van der Waals surface area contributed by atoms with Gasteiger partial charge < -0.3 is 15.4 Å². The summed E-state index contributed by atoms with van der Waals surface area (Å²) in [6, 6.07) is 10.8. The van der Waals surface area contributed by atoms with Gasteiger partial charge in [-0.25, -0.2) is 4.79 Å². The summed E-state index contributed by atoms with van der Waals surface area (Å²) in [6.45, 7) is 3.70. The summed E-state index contributed by atoms with van der Waals surface area (Å²) in [6.07, 6.45) is 4.52. The molecule has 0 spiro atoms. The Balaban J connectivity index is 1.42. The molecule has 1 saturated heterocycles. The number of hydrogen-bond donors (Lipinski definition) is 1. The Morgan fingerprint density at radius 3 is 2.57 bits per heavy atom. The van der Waals surface area contributed by atoms with E-state index in [4.69, 9.17) is 10.5 Å². The Hall–Kier alpha value is -1.59. The van der Waals surface area contributed by atoms with Crippen LogP contribution in [-0.4, -0.2) is 54.2 Å². The van der Waals surface area contributed by atoms with Gasteiger partial charge >= 0.3 is 6.09 Å². The molecular formula is C18H27N3O2. The molecule has 2 aliphatic rings. The van der Waals surface area contributed by atoms with Crippen molar-refractivity contribution in [3.63, 3.8) is 0 Å². The van der Waals surface area contributed by atoms with Gasteiger partial charge in [0.05, 0.1) is 0 Å². The van der Waals surface area contributed by atoms with Gasteiger partial charge in [-0.15, -0.1) is 0 Å². The summed E-state index contributed by atoms with van der Waals surface area (Å²) in [5, 5.41) is 0. The van der Waals surface area contributed by atoms with Crippen molar-refractivity contribution in [2.75, 3.05) is 26.2 Å². The average Bonchev–Trinajstić information content (AvgIpc) is 2.61. The Labute approximate surface area is 138 Å². The minimum atomic E-state index is -0.200. The van der Waals surface area contributed by atoms with Gasteiger partial charge in [0.1, 0.15) is 6.61 Å². The summed E-state index contributed by atoms with van der Waals surface area (Å²) in [7, 11) is 0. The molecule has 3 rings (SSSR count). The molecule has 126 valence electrons. The second-order valence-electron chi connectivity index (χ2n) is 6.64. The zero-order valence-corrected chi connectivity index (χ0v) is 13.7. The van der Waals surface area contributed by atoms with E-state index in [9.17, 15) is 4.79 Å². The standard InChI is InChI=1S/C18H27N3O2/c19-16-7-4-8-17(13-16)20-9-11-21(12-10-20)18(22)23-14-15-5-2-1-3-6-15/h1-3,5-6,16-17H,4,7-14,19H2. The number of carbonyl (C=O) groups is 1. The molecule has 0 aromatic heterocycles. The van der Waals surface area contributed by atoms with Crippen molar-refractivity contribution in [3.8, 4) is 0 Å². The Morgan fingerprint density at radius 1 is 1.13 bits per heavy atom. The normalized spacial score (nSPS) is 26.0. The zero-order chi connectivity index (χ0) is 16.1. The maximum absolute atomic E-state index is 12.2. The Bertz CT molecular complexity index is 500. The molecule has 1 heterocycles. The summed E-state index contributed by atoms with van der Waals surface area (Å²) < 4.78 is 5.41. The highest BCUT2D eigenvalue weighted by Crippen LogP contribution is 2.23. The van der Waals surface area contributed by atoms with Crippen LogP contribution in [0.3, 0.4) is 0 Å². The molecule has 0 radical (unpaired) electrons. The van der Waals surface area contributed by atoms with E-state index in [1.807, 2.05) is 35.2 Å². The lowest BCUT2D eigenvalue weighted by molar-refractivity contribution is 0.0511. The molecular weight excluding hydrogens is 290 g/mol. The van der Waals surface area contributed by atoms with Crippen LogP contribution in [0.4, 0.5) is 4.79 Å². The first kappa shape index (κ1) is 16.3. The van der Waals surface area contributed by atoms with Gasteiger partial charge in [0, 0.05) is 38.3 Å². The molecule has 1 aromatic carbocycles. The molecule has 2 atom stereocenters. The lowest BCUT2D eigenvalue weighted by Gasteiger charge is -2.41. The summed E-state index contributed by atoms with van der Waals surface area (Å²) in [4.78, 5) is 16.5. The van der Waals surface area contributed by atoms with Gasteiger partial charge in [-0.2, -0.15) is 0 Å². The van der Waals surface area contributed by atoms with Gasteiger partial charge in [0.25, 0.3) is 0 Å². The van der Waals surface area contributed by atoms with Gasteiger partial charge in [-0.3, -0.25) is 4.90 Å². The van der Waals surface area contributed by atoms with Crippen LogP contribution in [0.1, 0.15) is 31.2 Å². The Kier molecular flexibility index (Phi) is 5.51. The third-order valence-electron chi connectivity index (χ3n) is 4.98. The molecule has 1 aliphatic carbocycles. The van der Waals surface area contributed by atoms with Crippen LogP contribution >= 0.6 is 0 Å². The number of nitrogens with zero attached hydrogens (tertiary/aromatic N) is 2. The number of rotatable bonds is 3. The van der Waals surface area contributed by atoms with Crippen molar-refractivity contribution < 1.29 is 9.53 Å². The van der Waals surface area contributed by atoms with Crippen molar-refractivity contribution in [1.29, 1.82) is 0 Å².